The first kappa shape index (κ1) is 22.6. The maximum atomic E-state index is 14.5. The van der Waals surface area contributed by atoms with Crippen LogP contribution in [0.5, 0.6) is 17.4 Å². The third kappa shape index (κ3) is 5.09. The number of benzene rings is 2. The van der Waals surface area contributed by atoms with Crippen LogP contribution in [0.25, 0.3) is 11.0 Å². The number of fused-ring (bicyclic) bond motifs is 1. The van der Waals surface area contributed by atoms with Gasteiger partial charge in [0.15, 0.2) is 6.10 Å². The van der Waals surface area contributed by atoms with Crippen LogP contribution in [0.15, 0.2) is 59.4 Å². The van der Waals surface area contributed by atoms with Crippen LogP contribution in [0.1, 0.15) is 22.8 Å². The zero-order valence-electron chi connectivity index (χ0n) is 18.1. The van der Waals surface area contributed by atoms with Gasteiger partial charge < -0.3 is 19.5 Å². The molecule has 2 aromatic heterocycles. The first-order chi connectivity index (χ1) is 16.4. The lowest BCUT2D eigenvalue weighted by Gasteiger charge is -2.14. The Hall–Kier alpha value is -4.54. The molecule has 174 valence electrons. The monoisotopic (exact) mass is 466 g/mol. The summed E-state index contributed by atoms with van der Waals surface area (Å²) in [5, 5.41) is 10.1. The molecule has 0 aliphatic carbocycles. The Labute approximate surface area is 192 Å². The Morgan fingerprint density at radius 1 is 1.09 bits per heavy atom. The van der Waals surface area contributed by atoms with E-state index in [2.05, 4.69) is 30.0 Å². The van der Waals surface area contributed by atoms with Gasteiger partial charge in [0, 0.05) is 30.4 Å². The average molecular weight is 466 g/mol. The number of methoxy groups -OCH3 is 1. The zero-order chi connectivity index (χ0) is 24.1. The fourth-order valence-corrected chi connectivity index (χ4v) is 3.02. The molecule has 10 nitrogen and oxygen atoms in total. The number of amides is 1. The van der Waals surface area contributed by atoms with Gasteiger partial charge in [-0.2, -0.15) is 0 Å². The molecule has 2 aromatic carbocycles. The number of hydrogen-bond acceptors (Lipinski definition) is 9. The van der Waals surface area contributed by atoms with Gasteiger partial charge >= 0.3 is 5.97 Å². The third-order valence-corrected chi connectivity index (χ3v) is 4.77. The zero-order valence-corrected chi connectivity index (χ0v) is 18.1. The highest BCUT2D eigenvalue weighted by atomic mass is 19.1. The van der Waals surface area contributed by atoms with E-state index in [-0.39, 0.29) is 29.3 Å². The molecule has 1 amide bonds. The molecular formula is C23H19FN4O6. The van der Waals surface area contributed by atoms with Crippen molar-refractivity contribution in [2.45, 2.75) is 19.6 Å². The van der Waals surface area contributed by atoms with Crippen LogP contribution in [0.3, 0.4) is 0 Å². The number of carbonyl (C=O) groups is 2. The summed E-state index contributed by atoms with van der Waals surface area (Å²) in [5.74, 6) is -1.08. The molecule has 1 unspecified atom stereocenters. The second kappa shape index (κ2) is 9.94. The predicted molar refractivity (Wildman–Crippen MR) is 116 cm³/mol. The molecular weight excluding hydrogens is 447 g/mol. The van der Waals surface area contributed by atoms with E-state index in [4.69, 9.17) is 9.47 Å². The van der Waals surface area contributed by atoms with E-state index in [1.165, 1.54) is 38.4 Å². The molecule has 0 bridgehead atoms. The number of nitrogens with one attached hydrogen (secondary N) is 1. The van der Waals surface area contributed by atoms with Gasteiger partial charge in [-0.15, -0.1) is 0 Å². The fourth-order valence-electron chi connectivity index (χ4n) is 3.02. The highest BCUT2D eigenvalue weighted by Crippen LogP contribution is 2.25. The molecule has 4 aromatic rings. The van der Waals surface area contributed by atoms with E-state index in [1.54, 1.807) is 24.3 Å². The summed E-state index contributed by atoms with van der Waals surface area (Å²) in [4.78, 5) is 28.3. The summed E-state index contributed by atoms with van der Waals surface area (Å²) in [7, 11) is 1.24. The number of aromatic nitrogens is 3. The largest absolute Gasteiger partial charge is 0.479 e. The van der Waals surface area contributed by atoms with Crippen molar-refractivity contribution in [3.8, 4) is 17.4 Å². The van der Waals surface area contributed by atoms with Crippen molar-refractivity contribution in [1.82, 2.24) is 20.6 Å². The summed E-state index contributed by atoms with van der Waals surface area (Å²) < 4.78 is 34.8. The molecule has 0 aliphatic heterocycles. The van der Waals surface area contributed by atoms with Crippen molar-refractivity contribution >= 4 is 22.9 Å². The molecule has 0 radical (unpaired) electrons. The third-order valence-electron chi connectivity index (χ3n) is 4.77. The van der Waals surface area contributed by atoms with Gasteiger partial charge in [-0.05, 0) is 47.6 Å². The molecule has 2 heterocycles. The van der Waals surface area contributed by atoms with Crippen molar-refractivity contribution < 1.29 is 32.8 Å². The van der Waals surface area contributed by atoms with Gasteiger partial charge in [-0.1, -0.05) is 6.07 Å². The Balaban J connectivity index is 1.43. The lowest BCUT2D eigenvalue weighted by Crippen LogP contribution is -2.25. The van der Waals surface area contributed by atoms with E-state index in [1.807, 2.05) is 0 Å². The number of esters is 1. The molecule has 0 aliphatic rings. The number of nitrogens with zero attached hydrogens (tertiary/aromatic N) is 3. The maximum absolute atomic E-state index is 14.5. The van der Waals surface area contributed by atoms with Gasteiger partial charge in [-0.3, -0.25) is 4.79 Å². The summed E-state index contributed by atoms with van der Waals surface area (Å²) in [5.41, 5.74) is 1.43. The number of rotatable bonds is 8. The van der Waals surface area contributed by atoms with E-state index in [9.17, 15) is 14.0 Å². The fraction of sp³-hybridized carbons (Fsp3) is 0.174. The van der Waals surface area contributed by atoms with Gasteiger partial charge in [0.05, 0.1) is 7.11 Å². The van der Waals surface area contributed by atoms with Crippen molar-refractivity contribution in [2.24, 2.45) is 0 Å². The van der Waals surface area contributed by atoms with Crippen LogP contribution < -0.4 is 14.8 Å². The second-order valence-electron chi connectivity index (χ2n) is 7.09. The van der Waals surface area contributed by atoms with E-state index in [0.717, 1.165) is 6.07 Å². The minimum atomic E-state index is -0.889. The number of ether oxygens (including phenoxy) is 3. The summed E-state index contributed by atoms with van der Waals surface area (Å²) >= 11 is 0. The smallest absolute Gasteiger partial charge is 0.346 e. The van der Waals surface area contributed by atoms with Crippen LogP contribution in [-0.4, -0.2) is 40.4 Å². The summed E-state index contributed by atoms with van der Waals surface area (Å²) in [6.45, 7) is 1.40. The number of hydrogen-bond donors (Lipinski definition) is 1. The summed E-state index contributed by atoms with van der Waals surface area (Å²) in [6, 6.07) is 12.1. The molecule has 1 atom stereocenters. The van der Waals surface area contributed by atoms with Crippen LogP contribution >= 0.6 is 0 Å². The van der Waals surface area contributed by atoms with Crippen molar-refractivity contribution in [3.63, 3.8) is 0 Å². The van der Waals surface area contributed by atoms with Gasteiger partial charge in [0.25, 0.3) is 5.91 Å². The first-order valence-corrected chi connectivity index (χ1v) is 10.1. The maximum Gasteiger partial charge on any atom is 0.346 e. The van der Waals surface area contributed by atoms with Gasteiger partial charge in [0.1, 0.15) is 33.9 Å². The number of halogens is 1. The Morgan fingerprint density at radius 2 is 1.88 bits per heavy atom. The Bertz CT molecular complexity index is 1340. The lowest BCUT2D eigenvalue weighted by atomic mass is 10.2. The SMILES string of the molecule is COC(=O)C(C)Oc1ccc(CNC(=O)c2cccnc2Oc2ccc3nonc3c2)c(F)c1. The van der Waals surface area contributed by atoms with E-state index in [0.29, 0.717) is 16.8 Å². The Morgan fingerprint density at radius 3 is 2.68 bits per heavy atom. The van der Waals surface area contributed by atoms with Crippen LogP contribution in [-0.2, 0) is 16.1 Å². The van der Waals surface area contributed by atoms with Crippen molar-refractivity contribution in [3.05, 3.63) is 71.7 Å². The quantitative estimate of drug-likeness (QED) is 0.389. The first-order valence-electron chi connectivity index (χ1n) is 10.1. The molecule has 11 heteroatoms. The highest BCUT2D eigenvalue weighted by Gasteiger charge is 2.17. The van der Waals surface area contributed by atoms with Gasteiger partial charge in [-0.25, -0.2) is 18.8 Å². The topological polar surface area (TPSA) is 126 Å². The molecule has 4 rings (SSSR count). The van der Waals surface area contributed by atoms with E-state index < -0.39 is 23.8 Å². The number of pyridine rings is 1. The normalized spacial score (nSPS) is 11.6. The van der Waals surface area contributed by atoms with E-state index >= 15 is 0 Å². The number of carbonyl (C=O) groups excluding carboxylic acids is 2. The second-order valence-corrected chi connectivity index (χ2v) is 7.09. The van der Waals surface area contributed by atoms with Crippen molar-refractivity contribution in [2.75, 3.05) is 7.11 Å². The molecule has 34 heavy (non-hydrogen) atoms. The van der Waals surface area contributed by atoms with Crippen molar-refractivity contribution in [1.29, 1.82) is 0 Å². The van der Waals surface area contributed by atoms with Crippen LogP contribution in [0.4, 0.5) is 4.39 Å². The molecule has 0 fully saturated rings. The molecule has 0 saturated carbocycles. The molecule has 0 saturated heterocycles. The Kier molecular flexibility index (Phi) is 6.62. The standard InChI is InChI=1S/C23H19FN4O6/c1-13(23(30)31-2)32-15-6-5-14(18(24)10-15)12-26-21(29)17-4-3-9-25-22(17)33-16-7-8-19-20(11-16)28-34-27-19/h3-11,13H,12H2,1-2H3,(H,26,29). The summed E-state index contributed by atoms with van der Waals surface area (Å²) in [6.07, 6.45) is 0.593. The minimum Gasteiger partial charge on any atom is -0.479 e. The lowest BCUT2D eigenvalue weighted by molar-refractivity contribution is -0.147. The van der Waals surface area contributed by atoms with Crippen LogP contribution in [0.2, 0.25) is 0 Å². The highest BCUT2D eigenvalue weighted by molar-refractivity contribution is 5.96. The average Bonchev–Trinajstić information content (AvgIpc) is 3.31. The molecule has 1 N–H and O–H groups in total. The predicted octanol–water partition coefficient (Wildman–Crippen LogP) is 3.42. The minimum absolute atomic E-state index is 0.0665. The molecule has 0 spiro atoms. The van der Waals surface area contributed by atoms with Crippen LogP contribution in [0, 0.1) is 5.82 Å². The van der Waals surface area contributed by atoms with Gasteiger partial charge in [0.2, 0.25) is 5.88 Å².